The quantitative estimate of drug-likeness (QED) is 0.166. The molecular weight excluding hydrogens is 854 g/mol. The fourth-order valence-electron chi connectivity index (χ4n) is 4.35. The minimum atomic E-state index is -2.19. The van der Waals surface area contributed by atoms with Crippen LogP contribution in [0.1, 0.15) is 50.9 Å². The normalized spacial score (nSPS) is 10.5. The van der Waals surface area contributed by atoms with E-state index >= 15 is 0 Å². The number of benzene rings is 2. The van der Waals surface area contributed by atoms with E-state index in [2.05, 4.69) is 92.5 Å². The fraction of sp³-hybridized carbons (Fsp3) is 0.250. The summed E-state index contributed by atoms with van der Waals surface area (Å²) in [5.41, 5.74) is 5.32. The van der Waals surface area contributed by atoms with Crippen molar-refractivity contribution < 1.29 is 40.9 Å². The van der Waals surface area contributed by atoms with E-state index in [0.717, 1.165) is 22.3 Å². The van der Waals surface area contributed by atoms with Crippen molar-refractivity contribution >= 4 is 69.1 Å². The molecule has 0 saturated carbocycles. The summed E-state index contributed by atoms with van der Waals surface area (Å²) in [5.74, 6) is -3.05. The van der Waals surface area contributed by atoms with Gasteiger partial charge in [-0.25, -0.2) is 9.97 Å². The summed E-state index contributed by atoms with van der Waals surface area (Å²) in [6.07, 6.45) is 3.54. The smallest absolute Gasteiger partial charge is 0.543 e. The molecule has 0 amide bonds. The molecule has 4 heterocycles. The van der Waals surface area contributed by atoms with Gasteiger partial charge in [-0.3, -0.25) is 0 Å². The van der Waals surface area contributed by atoms with Crippen LogP contribution in [-0.4, -0.2) is 51.0 Å². The number of nitrogens with zero attached hydrogens (tertiary/aromatic N) is 8. The molecule has 0 fully saturated rings. The molecule has 258 valence electrons. The number of halogens is 2. The largest absolute Gasteiger partial charge is 2.00 e. The van der Waals surface area contributed by atoms with Gasteiger partial charge in [0.25, 0.3) is 0 Å². The van der Waals surface area contributed by atoms with Crippen molar-refractivity contribution in [1.29, 1.82) is 0 Å². The average molecular weight is 887 g/mol. The van der Waals surface area contributed by atoms with E-state index in [4.69, 9.17) is 43.0 Å². The van der Waals surface area contributed by atoms with E-state index in [-0.39, 0.29) is 43.7 Å². The number of carbonyl (C=O) groups excluding carboxylic acids is 2. The summed E-state index contributed by atoms with van der Waals surface area (Å²) in [6, 6.07) is 20.8. The molecule has 0 radical (unpaired) electrons. The molecule has 0 aliphatic rings. The van der Waals surface area contributed by atoms with Crippen molar-refractivity contribution in [2.75, 3.05) is 10.6 Å². The van der Waals surface area contributed by atoms with Crippen LogP contribution in [0, 0.1) is 0 Å². The summed E-state index contributed by atoms with van der Waals surface area (Å²) >= 11 is 12.1. The van der Waals surface area contributed by atoms with Gasteiger partial charge in [-0.15, -0.1) is 0 Å². The van der Waals surface area contributed by atoms with Crippen LogP contribution in [0.4, 0.5) is 11.6 Å². The second-order valence-corrected chi connectivity index (χ2v) is 11.4. The van der Waals surface area contributed by atoms with Crippen molar-refractivity contribution in [1.82, 2.24) is 39.0 Å². The molecule has 49 heavy (non-hydrogen) atoms. The molecule has 0 bridgehead atoms. The van der Waals surface area contributed by atoms with Gasteiger partial charge in [-0.05, 0) is 62.0 Å². The molecule has 17 heteroatoms. The molecule has 0 saturated heterocycles. The molecule has 14 nitrogen and oxygen atoms in total. The molecule has 4 aromatic heterocycles. The first-order chi connectivity index (χ1) is 22.9. The van der Waals surface area contributed by atoms with Crippen LogP contribution in [0.3, 0.4) is 0 Å². The number of hydrogen-bond donors (Lipinski definition) is 2. The molecule has 2 aromatic carbocycles. The second-order valence-electron chi connectivity index (χ2n) is 10.8. The summed E-state index contributed by atoms with van der Waals surface area (Å²) in [4.78, 5) is 43.8. The summed E-state index contributed by atoms with van der Waals surface area (Å²) in [5, 5.41) is 24.9. The van der Waals surface area contributed by atoms with Crippen LogP contribution in [-0.2, 0) is 43.7 Å². The molecule has 6 aromatic rings. The maximum absolute atomic E-state index is 8.93. The zero-order valence-electron chi connectivity index (χ0n) is 26.8. The van der Waals surface area contributed by atoms with Crippen molar-refractivity contribution in [3.63, 3.8) is 0 Å². The number of hydrogen-bond acceptors (Lipinski definition) is 12. The maximum atomic E-state index is 8.93. The van der Waals surface area contributed by atoms with E-state index in [9.17, 15) is 0 Å². The number of rotatable bonds is 8. The fourth-order valence-corrected chi connectivity index (χ4v) is 4.67. The van der Waals surface area contributed by atoms with Crippen LogP contribution in [0.25, 0.3) is 22.3 Å². The van der Waals surface area contributed by atoms with Gasteiger partial charge in [-0.2, -0.15) is 19.9 Å². The van der Waals surface area contributed by atoms with Gasteiger partial charge < -0.3 is 39.6 Å². The molecule has 0 aliphatic heterocycles. The number of carboxylic acids is 2. The molecule has 0 aliphatic carbocycles. The van der Waals surface area contributed by atoms with Crippen molar-refractivity contribution in [3.05, 3.63) is 95.0 Å². The number of aliphatic carboxylic acids is 2. The third-order valence-electron chi connectivity index (χ3n) is 6.67. The molecule has 6 rings (SSSR count). The van der Waals surface area contributed by atoms with E-state index < -0.39 is 11.9 Å². The summed E-state index contributed by atoms with van der Waals surface area (Å²) in [6.45, 7) is 9.64. The average Bonchev–Trinajstić information content (AvgIpc) is 3.69. The van der Waals surface area contributed by atoms with Crippen LogP contribution in [0.2, 0.25) is 10.6 Å². The van der Waals surface area contributed by atoms with E-state index in [0.29, 0.717) is 24.7 Å². The topological polar surface area (TPSA) is 192 Å². The van der Waals surface area contributed by atoms with Crippen molar-refractivity contribution in [2.24, 2.45) is 0 Å². The van der Waals surface area contributed by atoms with Gasteiger partial charge in [0.1, 0.15) is 0 Å². The third kappa shape index (κ3) is 10.7. The Balaban J connectivity index is 0.000000224. The number of fused-ring (bicyclic) bond motifs is 2. The Kier molecular flexibility index (Phi) is 14.4. The molecular formula is C32H32Cl2N10O4Pt. The number of nitrogens with one attached hydrogen (secondary N) is 2. The van der Waals surface area contributed by atoms with Crippen LogP contribution < -0.4 is 20.8 Å². The van der Waals surface area contributed by atoms with E-state index in [1.807, 2.05) is 45.5 Å². The Morgan fingerprint density at radius 3 is 1.31 bits per heavy atom. The predicted octanol–water partition coefficient (Wildman–Crippen LogP) is 3.83. The Labute approximate surface area is 306 Å². The van der Waals surface area contributed by atoms with Gasteiger partial charge in [0.05, 0.1) is 24.6 Å². The first kappa shape index (κ1) is 38.8. The van der Waals surface area contributed by atoms with Gasteiger partial charge in [0.15, 0.2) is 34.0 Å². The molecule has 2 N–H and O–H groups in total. The summed E-state index contributed by atoms with van der Waals surface area (Å²) in [7, 11) is 0. The molecule has 0 unspecified atom stereocenters. The maximum Gasteiger partial charge on any atom is 2.00 e. The second kappa shape index (κ2) is 18.2. The van der Waals surface area contributed by atoms with Crippen LogP contribution >= 0.6 is 23.2 Å². The van der Waals surface area contributed by atoms with Crippen molar-refractivity contribution in [2.45, 2.75) is 52.9 Å². The zero-order chi connectivity index (χ0) is 34.8. The van der Waals surface area contributed by atoms with E-state index in [1.165, 1.54) is 11.1 Å². The third-order valence-corrected chi connectivity index (χ3v) is 7.01. The number of carbonyl (C=O) groups is 2. The Bertz CT molecular complexity index is 1850. The van der Waals surface area contributed by atoms with Gasteiger partial charge in [-0.1, -0.05) is 60.7 Å². The zero-order valence-corrected chi connectivity index (χ0v) is 30.6. The predicted molar refractivity (Wildman–Crippen MR) is 179 cm³/mol. The molecule has 0 atom stereocenters. The Morgan fingerprint density at radius 2 is 1.00 bits per heavy atom. The van der Waals surface area contributed by atoms with Gasteiger partial charge >= 0.3 is 21.1 Å². The first-order valence-electron chi connectivity index (χ1n) is 14.7. The van der Waals surface area contributed by atoms with Gasteiger partial charge in [0, 0.05) is 25.2 Å². The van der Waals surface area contributed by atoms with Crippen LogP contribution in [0.5, 0.6) is 0 Å². The molecule has 0 spiro atoms. The SMILES string of the molecule is CC(C)n1cnc2c(NCc3ccccc3)nc(Cl)nc21.CC(C)n1cnc2c(NCc3ccccc3)nc(Cl)nc21.O=C([O-])C(=O)[O-].[Pt+2]. The Hall–Kier alpha value is -4.65. The minimum Gasteiger partial charge on any atom is -0.543 e. The van der Waals surface area contributed by atoms with E-state index in [1.54, 1.807) is 12.7 Å². The minimum absolute atomic E-state index is 0. The number of imidazole rings is 2. The number of carboxylic acid groups (broad SMARTS) is 2. The monoisotopic (exact) mass is 885 g/mol. The standard InChI is InChI=1S/2C15H16ClN5.C2H2O4.Pt/c2*1-10(2)21-9-18-12-13(19-15(16)20-14(12)21)17-8-11-6-4-3-5-7-11;3-1(4)2(5)6;/h2*3-7,9-10H,8H2,1-2H3,(H,17,19,20);(H,3,4)(H,5,6);/q;;;+2/p-2. The van der Waals surface area contributed by atoms with Gasteiger partial charge in [0.2, 0.25) is 10.6 Å². The summed E-state index contributed by atoms with van der Waals surface area (Å²) < 4.78 is 3.97. The Morgan fingerprint density at radius 1 is 0.653 bits per heavy atom. The number of aromatic nitrogens is 8. The van der Waals surface area contributed by atoms with Crippen LogP contribution in [0.15, 0.2) is 73.3 Å². The first-order valence-corrected chi connectivity index (χ1v) is 15.5. The number of anilines is 2. The van der Waals surface area contributed by atoms with Crippen molar-refractivity contribution in [3.8, 4) is 0 Å².